The van der Waals surface area contributed by atoms with Crippen LogP contribution in [0, 0.1) is 11.7 Å². The highest BCUT2D eigenvalue weighted by atomic mass is 19.1. The van der Waals surface area contributed by atoms with Gasteiger partial charge in [0.2, 0.25) is 17.6 Å². The summed E-state index contributed by atoms with van der Waals surface area (Å²) in [4.78, 5) is 23.8. The lowest BCUT2D eigenvalue weighted by atomic mass is 9.96. The maximum Gasteiger partial charge on any atom is 0.226 e. The second-order valence-electron chi connectivity index (χ2n) is 7.33. The number of pyridine rings is 1. The molecule has 4 rings (SSSR count). The smallest absolute Gasteiger partial charge is 0.226 e. The normalized spacial score (nSPS) is 16.5. The fourth-order valence-corrected chi connectivity index (χ4v) is 3.68. The molecule has 3 aromatic rings. The van der Waals surface area contributed by atoms with Crippen LogP contribution in [0.3, 0.4) is 0 Å². The van der Waals surface area contributed by atoms with Crippen molar-refractivity contribution in [3.05, 3.63) is 59.9 Å². The van der Waals surface area contributed by atoms with Gasteiger partial charge in [0.05, 0.1) is 11.5 Å². The molecule has 1 aromatic carbocycles. The number of hydrogen-bond donors (Lipinski definition) is 1. The Balaban J connectivity index is 1.46. The van der Waals surface area contributed by atoms with Crippen LogP contribution in [0.15, 0.2) is 47.1 Å². The zero-order valence-corrected chi connectivity index (χ0v) is 16.8. The van der Waals surface area contributed by atoms with Crippen molar-refractivity contribution in [1.82, 2.24) is 20.4 Å². The van der Waals surface area contributed by atoms with E-state index in [1.54, 1.807) is 24.4 Å². The molecule has 1 fully saturated rings. The lowest BCUT2D eigenvalue weighted by Gasteiger charge is -2.33. The molecule has 0 unspecified atom stereocenters. The van der Waals surface area contributed by atoms with Crippen molar-refractivity contribution in [3.63, 3.8) is 0 Å². The minimum Gasteiger partial charge on any atom is -0.355 e. The molecule has 0 radical (unpaired) electrons. The van der Waals surface area contributed by atoms with E-state index in [0.717, 1.165) is 30.8 Å². The Morgan fingerprint density at radius 1 is 1.30 bits per heavy atom. The number of carbonyl (C=O) groups excluding carboxylic acids is 1. The molecule has 0 bridgehead atoms. The highest BCUT2D eigenvalue weighted by Crippen LogP contribution is 2.30. The first kappa shape index (κ1) is 20.0. The molecular formula is C22H24FN5O2. The van der Waals surface area contributed by atoms with E-state index in [0.29, 0.717) is 30.2 Å². The summed E-state index contributed by atoms with van der Waals surface area (Å²) in [6, 6.07) is 10.2. The highest BCUT2D eigenvalue weighted by molar-refractivity contribution is 5.80. The molecule has 156 valence electrons. The number of nitrogens with one attached hydrogen (secondary N) is 1. The molecule has 3 heterocycles. The molecule has 0 aliphatic carbocycles. The Bertz CT molecular complexity index is 1020. The van der Waals surface area contributed by atoms with Crippen LogP contribution in [-0.4, -0.2) is 34.1 Å². The molecule has 1 amide bonds. The van der Waals surface area contributed by atoms with E-state index in [9.17, 15) is 9.18 Å². The van der Waals surface area contributed by atoms with Crippen molar-refractivity contribution in [1.29, 1.82) is 0 Å². The van der Waals surface area contributed by atoms with Gasteiger partial charge in [-0.25, -0.2) is 9.37 Å². The maximum atomic E-state index is 13.8. The number of piperidine rings is 1. The van der Waals surface area contributed by atoms with Gasteiger partial charge >= 0.3 is 0 Å². The minimum absolute atomic E-state index is 0.0757. The van der Waals surface area contributed by atoms with Gasteiger partial charge in [-0.3, -0.25) is 4.79 Å². The van der Waals surface area contributed by atoms with Crippen molar-refractivity contribution in [2.75, 3.05) is 18.0 Å². The first-order valence-corrected chi connectivity index (χ1v) is 10.2. The van der Waals surface area contributed by atoms with Gasteiger partial charge in [-0.05, 0) is 31.0 Å². The van der Waals surface area contributed by atoms with E-state index in [1.165, 1.54) is 6.07 Å². The molecule has 1 aliphatic heterocycles. The second kappa shape index (κ2) is 9.02. The molecule has 1 saturated heterocycles. The molecule has 1 atom stereocenters. The number of anilines is 1. The zero-order valence-electron chi connectivity index (χ0n) is 16.8. The third kappa shape index (κ3) is 4.32. The first-order chi connectivity index (χ1) is 14.7. The van der Waals surface area contributed by atoms with E-state index in [4.69, 9.17) is 4.52 Å². The predicted molar refractivity (Wildman–Crippen MR) is 110 cm³/mol. The molecule has 7 nitrogen and oxygen atoms in total. The SMILES string of the molecule is CCc1nc(-c2cccnc2N2CCC[C@H](C(=O)NCc3ccccc3F)C2)no1. The van der Waals surface area contributed by atoms with E-state index in [1.807, 2.05) is 19.1 Å². The summed E-state index contributed by atoms with van der Waals surface area (Å²) in [5.74, 6) is 1.23. The summed E-state index contributed by atoms with van der Waals surface area (Å²) < 4.78 is 19.1. The van der Waals surface area contributed by atoms with Crippen molar-refractivity contribution in [3.8, 4) is 11.4 Å². The molecule has 30 heavy (non-hydrogen) atoms. The van der Waals surface area contributed by atoms with Crippen LogP contribution in [0.4, 0.5) is 10.2 Å². The summed E-state index contributed by atoms with van der Waals surface area (Å²) >= 11 is 0. The summed E-state index contributed by atoms with van der Waals surface area (Å²) in [5.41, 5.74) is 1.27. The van der Waals surface area contributed by atoms with Gasteiger partial charge in [-0.15, -0.1) is 0 Å². The number of amides is 1. The van der Waals surface area contributed by atoms with E-state index in [2.05, 4.69) is 25.3 Å². The lowest BCUT2D eigenvalue weighted by Crippen LogP contribution is -2.43. The van der Waals surface area contributed by atoms with Gasteiger partial charge in [-0.1, -0.05) is 30.3 Å². The third-order valence-corrected chi connectivity index (χ3v) is 5.30. The Hall–Kier alpha value is -3.29. The Morgan fingerprint density at radius 3 is 2.97 bits per heavy atom. The first-order valence-electron chi connectivity index (χ1n) is 10.2. The van der Waals surface area contributed by atoms with E-state index >= 15 is 0 Å². The fraction of sp³-hybridized carbons (Fsp3) is 0.364. The average molecular weight is 409 g/mol. The Kier molecular flexibility index (Phi) is 6.02. The summed E-state index contributed by atoms with van der Waals surface area (Å²) in [5, 5.41) is 6.94. The number of benzene rings is 1. The molecule has 1 aliphatic rings. The van der Waals surface area contributed by atoms with Crippen LogP contribution in [0.25, 0.3) is 11.4 Å². The van der Waals surface area contributed by atoms with Gasteiger partial charge in [0.15, 0.2) is 0 Å². The number of carbonyl (C=O) groups is 1. The molecular weight excluding hydrogens is 385 g/mol. The second-order valence-corrected chi connectivity index (χ2v) is 7.33. The van der Waals surface area contributed by atoms with Crippen molar-refractivity contribution in [2.24, 2.45) is 5.92 Å². The largest absolute Gasteiger partial charge is 0.355 e. The summed E-state index contributed by atoms with van der Waals surface area (Å²) in [7, 11) is 0. The van der Waals surface area contributed by atoms with E-state index < -0.39 is 0 Å². The van der Waals surface area contributed by atoms with Crippen LogP contribution in [0.2, 0.25) is 0 Å². The van der Waals surface area contributed by atoms with E-state index in [-0.39, 0.29) is 24.2 Å². The highest BCUT2D eigenvalue weighted by Gasteiger charge is 2.28. The number of nitrogens with zero attached hydrogens (tertiary/aromatic N) is 4. The molecule has 1 N–H and O–H groups in total. The van der Waals surface area contributed by atoms with Crippen molar-refractivity contribution in [2.45, 2.75) is 32.7 Å². The Labute approximate surface area is 174 Å². The number of rotatable bonds is 6. The minimum atomic E-state index is -0.312. The zero-order chi connectivity index (χ0) is 20.9. The third-order valence-electron chi connectivity index (χ3n) is 5.30. The lowest BCUT2D eigenvalue weighted by molar-refractivity contribution is -0.125. The topological polar surface area (TPSA) is 84.2 Å². The van der Waals surface area contributed by atoms with Gasteiger partial charge < -0.3 is 14.7 Å². The molecule has 2 aromatic heterocycles. The maximum absolute atomic E-state index is 13.8. The average Bonchev–Trinajstić information content (AvgIpc) is 3.28. The monoisotopic (exact) mass is 409 g/mol. The summed E-state index contributed by atoms with van der Waals surface area (Å²) in [6.45, 7) is 3.46. The number of hydrogen-bond acceptors (Lipinski definition) is 6. The summed E-state index contributed by atoms with van der Waals surface area (Å²) in [6.07, 6.45) is 4.03. The van der Waals surface area contributed by atoms with Crippen LogP contribution in [-0.2, 0) is 17.8 Å². The van der Waals surface area contributed by atoms with Crippen molar-refractivity contribution >= 4 is 11.7 Å². The van der Waals surface area contributed by atoms with Crippen LogP contribution in [0.1, 0.15) is 31.2 Å². The quantitative estimate of drug-likeness (QED) is 0.672. The molecule has 8 heteroatoms. The molecule has 0 saturated carbocycles. The number of halogens is 1. The van der Waals surface area contributed by atoms with Crippen molar-refractivity contribution < 1.29 is 13.7 Å². The van der Waals surface area contributed by atoms with Crippen LogP contribution < -0.4 is 10.2 Å². The number of aryl methyl sites for hydroxylation is 1. The van der Waals surface area contributed by atoms with Gasteiger partial charge in [0.25, 0.3) is 0 Å². The standard InChI is InChI=1S/C22H24FN5O2/c1-2-19-26-20(27-30-19)17-9-5-11-24-21(17)28-12-6-8-16(14-28)22(29)25-13-15-7-3-4-10-18(15)23/h3-5,7,9-11,16H,2,6,8,12-14H2,1H3,(H,25,29)/t16-/m0/s1. The fourth-order valence-electron chi connectivity index (χ4n) is 3.68. The van der Waals surface area contributed by atoms with Gasteiger partial charge in [0, 0.05) is 37.8 Å². The van der Waals surface area contributed by atoms with Crippen LogP contribution in [0.5, 0.6) is 0 Å². The van der Waals surface area contributed by atoms with Gasteiger partial charge in [-0.2, -0.15) is 4.98 Å². The number of aromatic nitrogens is 3. The Morgan fingerprint density at radius 2 is 2.17 bits per heavy atom. The predicted octanol–water partition coefficient (Wildman–Crippen LogP) is 3.37. The van der Waals surface area contributed by atoms with Gasteiger partial charge in [0.1, 0.15) is 11.6 Å². The molecule has 0 spiro atoms. The van der Waals surface area contributed by atoms with Crippen LogP contribution >= 0.6 is 0 Å².